The van der Waals surface area contributed by atoms with Crippen LogP contribution in [-0.2, 0) is 0 Å². The molecule has 0 aliphatic carbocycles. The van der Waals surface area contributed by atoms with Gasteiger partial charge in [-0.1, -0.05) is 0 Å². The highest BCUT2D eigenvalue weighted by Crippen LogP contribution is 2.30. The molecule has 1 atom stereocenters. The molecule has 0 spiro atoms. The molecule has 4 rings (SSSR count). The van der Waals surface area contributed by atoms with Crippen molar-refractivity contribution in [3.05, 3.63) is 100.0 Å². The highest BCUT2D eigenvalue weighted by atomic mass is 19.3. The molecule has 7 nitrogen and oxygen atoms in total. The van der Waals surface area contributed by atoms with Crippen LogP contribution < -0.4 is 15.6 Å². The molecular weight excluding hydrogens is 480 g/mol. The van der Waals surface area contributed by atoms with Gasteiger partial charge in [0.15, 0.2) is 0 Å². The van der Waals surface area contributed by atoms with Gasteiger partial charge < -0.3 is 24.3 Å². The Bertz CT molecular complexity index is 1430. The standard InChI is InChI=1S/C25H22F4N4O3/c1-14-10-32(13-30-14)21-4-3-19(9-23(21)36-2)31-20-7-16(24(28)29)11-33(25(20)35)22(12-34)15-5-17(26)8-18(27)6-15/h3-11,13,22,24,31,34H,12H2,1-2H3/t22-/m0/s1. The van der Waals surface area contributed by atoms with Gasteiger partial charge in [0, 0.05) is 35.8 Å². The number of ether oxygens (including phenoxy) is 1. The number of aliphatic hydroxyl groups excluding tert-OH is 1. The average Bonchev–Trinajstić information content (AvgIpc) is 3.26. The van der Waals surface area contributed by atoms with Crippen LogP contribution in [0.25, 0.3) is 5.69 Å². The Morgan fingerprint density at radius 1 is 1.06 bits per heavy atom. The maximum Gasteiger partial charge on any atom is 0.274 e. The van der Waals surface area contributed by atoms with E-state index >= 15 is 0 Å². The summed E-state index contributed by atoms with van der Waals surface area (Å²) in [4.78, 5) is 17.4. The number of methoxy groups -OCH3 is 1. The van der Waals surface area contributed by atoms with E-state index in [0.29, 0.717) is 23.2 Å². The molecule has 0 aliphatic heterocycles. The van der Waals surface area contributed by atoms with Crippen molar-refractivity contribution in [1.29, 1.82) is 0 Å². The number of rotatable bonds is 8. The SMILES string of the molecule is COc1cc(Nc2cc(C(F)F)cn([C@@H](CO)c3cc(F)cc(F)c3)c2=O)ccc1-n1cnc(C)c1. The van der Waals surface area contributed by atoms with Crippen molar-refractivity contribution in [2.75, 3.05) is 19.0 Å². The zero-order chi connectivity index (χ0) is 26.0. The molecular formula is C25H22F4N4O3. The molecule has 0 saturated carbocycles. The van der Waals surface area contributed by atoms with Crippen LogP contribution in [0.4, 0.5) is 28.9 Å². The summed E-state index contributed by atoms with van der Waals surface area (Å²) >= 11 is 0. The fraction of sp³-hybridized carbons (Fsp3) is 0.200. The van der Waals surface area contributed by atoms with Crippen LogP contribution in [0.1, 0.15) is 29.3 Å². The Morgan fingerprint density at radius 3 is 2.36 bits per heavy atom. The van der Waals surface area contributed by atoms with Gasteiger partial charge in [-0.15, -0.1) is 0 Å². The van der Waals surface area contributed by atoms with Gasteiger partial charge in [0.05, 0.1) is 37.5 Å². The monoisotopic (exact) mass is 502 g/mol. The zero-order valence-electron chi connectivity index (χ0n) is 19.3. The Balaban J connectivity index is 1.77. The normalized spacial score (nSPS) is 12.1. The average molecular weight is 502 g/mol. The molecule has 0 fully saturated rings. The van der Waals surface area contributed by atoms with E-state index < -0.39 is 41.8 Å². The van der Waals surface area contributed by atoms with Crippen LogP contribution >= 0.6 is 0 Å². The summed E-state index contributed by atoms with van der Waals surface area (Å²) in [5.41, 5.74) is 0.199. The lowest BCUT2D eigenvalue weighted by atomic mass is 10.1. The maximum absolute atomic E-state index is 13.8. The van der Waals surface area contributed by atoms with E-state index in [1.807, 2.05) is 6.92 Å². The zero-order valence-corrected chi connectivity index (χ0v) is 19.3. The van der Waals surface area contributed by atoms with Crippen molar-refractivity contribution in [1.82, 2.24) is 14.1 Å². The number of alkyl halides is 2. The van der Waals surface area contributed by atoms with Gasteiger partial charge >= 0.3 is 0 Å². The molecule has 188 valence electrons. The fourth-order valence-electron chi connectivity index (χ4n) is 3.86. The smallest absolute Gasteiger partial charge is 0.274 e. The summed E-state index contributed by atoms with van der Waals surface area (Å²) in [6.07, 6.45) is 1.31. The second-order valence-electron chi connectivity index (χ2n) is 8.04. The van der Waals surface area contributed by atoms with Crippen LogP contribution in [0.5, 0.6) is 5.75 Å². The van der Waals surface area contributed by atoms with Gasteiger partial charge in [-0.2, -0.15) is 0 Å². The Morgan fingerprint density at radius 2 is 1.78 bits per heavy atom. The molecule has 2 heterocycles. The quantitative estimate of drug-likeness (QED) is 0.336. The van der Waals surface area contributed by atoms with Gasteiger partial charge in [-0.05, 0) is 42.8 Å². The van der Waals surface area contributed by atoms with Crippen molar-refractivity contribution < 1.29 is 27.4 Å². The minimum absolute atomic E-state index is 0.0869. The summed E-state index contributed by atoms with van der Waals surface area (Å²) in [6.45, 7) is 1.07. The van der Waals surface area contributed by atoms with E-state index in [2.05, 4.69) is 10.3 Å². The summed E-state index contributed by atoms with van der Waals surface area (Å²) in [6, 6.07) is 7.08. The Kier molecular flexibility index (Phi) is 7.11. The maximum atomic E-state index is 13.8. The number of nitrogens with one attached hydrogen (secondary N) is 1. The Labute approximate surface area is 203 Å². The summed E-state index contributed by atoms with van der Waals surface area (Å²) < 4.78 is 63.0. The van der Waals surface area contributed by atoms with Crippen molar-refractivity contribution in [3.63, 3.8) is 0 Å². The van der Waals surface area contributed by atoms with Crippen molar-refractivity contribution >= 4 is 11.4 Å². The molecule has 0 amide bonds. The lowest BCUT2D eigenvalue weighted by molar-refractivity contribution is 0.149. The van der Waals surface area contributed by atoms with Crippen molar-refractivity contribution in [2.45, 2.75) is 19.4 Å². The fourth-order valence-corrected chi connectivity index (χ4v) is 3.86. The lowest BCUT2D eigenvalue weighted by Gasteiger charge is -2.21. The number of nitrogens with zero attached hydrogens (tertiary/aromatic N) is 3. The summed E-state index contributed by atoms with van der Waals surface area (Å²) in [7, 11) is 1.46. The summed E-state index contributed by atoms with van der Waals surface area (Å²) in [5.74, 6) is -1.44. The number of halogens is 4. The van der Waals surface area contributed by atoms with Gasteiger partial charge in [0.25, 0.3) is 12.0 Å². The second-order valence-corrected chi connectivity index (χ2v) is 8.04. The number of hydrogen-bond acceptors (Lipinski definition) is 5. The number of aryl methyl sites for hydroxylation is 1. The first-order chi connectivity index (χ1) is 17.2. The number of pyridine rings is 1. The predicted molar refractivity (Wildman–Crippen MR) is 125 cm³/mol. The molecule has 2 aromatic carbocycles. The molecule has 11 heteroatoms. The van der Waals surface area contributed by atoms with Gasteiger partial charge in [-0.3, -0.25) is 4.79 Å². The predicted octanol–water partition coefficient (Wildman–Crippen LogP) is 4.89. The van der Waals surface area contributed by atoms with Crippen molar-refractivity contribution in [2.24, 2.45) is 0 Å². The van der Waals surface area contributed by atoms with E-state index in [4.69, 9.17) is 4.74 Å². The summed E-state index contributed by atoms with van der Waals surface area (Å²) in [5, 5.41) is 12.7. The molecule has 0 bridgehead atoms. The first kappa shape index (κ1) is 25.0. The molecule has 0 saturated heterocycles. The first-order valence-corrected chi connectivity index (χ1v) is 10.8. The van der Waals surface area contributed by atoms with Crippen LogP contribution in [0.3, 0.4) is 0 Å². The molecule has 0 aliphatic rings. The van der Waals surface area contributed by atoms with E-state index in [1.165, 1.54) is 7.11 Å². The highest BCUT2D eigenvalue weighted by molar-refractivity contribution is 5.65. The number of benzene rings is 2. The van der Waals surface area contributed by atoms with E-state index in [-0.39, 0.29) is 11.3 Å². The van der Waals surface area contributed by atoms with E-state index in [9.17, 15) is 27.5 Å². The largest absolute Gasteiger partial charge is 0.494 e. The molecule has 4 aromatic rings. The van der Waals surface area contributed by atoms with Crippen LogP contribution in [0, 0.1) is 18.6 Å². The molecule has 36 heavy (non-hydrogen) atoms. The lowest BCUT2D eigenvalue weighted by Crippen LogP contribution is -2.29. The van der Waals surface area contributed by atoms with Gasteiger partial charge in [0.2, 0.25) is 0 Å². The molecule has 2 N–H and O–H groups in total. The van der Waals surface area contributed by atoms with Crippen LogP contribution in [-0.4, -0.2) is 32.9 Å². The third-order valence-electron chi connectivity index (χ3n) is 5.54. The minimum atomic E-state index is -2.96. The molecule has 0 unspecified atom stereocenters. The van der Waals surface area contributed by atoms with Crippen LogP contribution in [0.2, 0.25) is 0 Å². The van der Waals surface area contributed by atoms with Gasteiger partial charge in [-0.25, -0.2) is 22.5 Å². The van der Waals surface area contributed by atoms with E-state index in [0.717, 1.165) is 34.7 Å². The van der Waals surface area contributed by atoms with Gasteiger partial charge in [0.1, 0.15) is 23.1 Å². The first-order valence-electron chi connectivity index (χ1n) is 10.8. The third-order valence-corrected chi connectivity index (χ3v) is 5.54. The molecule has 0 radical (unpaired) electrons. The molecule has 2 aromatic heterocycles. The Hall–Kier alpha value is -4.12. The number of aliphatic hydroxyl groups is 1. The minimum Gasteiger partial charge on any atom is -0.494 e. The van der Waals surface area contributed by atoms with E-state index in [1.54, 1.807) is 35.3 Å². The topological polar surface area (TPSA) is 81.3 Å². The van der Waals surface area contributed by atoms with Crippen molar-refractivity contribution in [3.8, 4) is 11.4 Å². The van der Waals surface area contributed by atoms with Crippen LogP contribution in [0.15, 0.2) is 66.0 Å². The second kappa shape index (κ2) is 10.2. The number of hydrogen-bond donors (Lipinski definition) is 2. The number of anilines is 2. The highest BCUT2D eigenvalue weighted by Gasteiger charge is 2.21. The third kappa shape index (κ3) is 5.10. The number of aromatic nitrogens is 3. The number of imidazole rings is 1.